The van der Waals surface area contributed by atoms with Crippen LogP contribution in [-0.4, -0.2) is 17.5 Å². The van der Waals surface area contributed by atoms with E-state index in [1.807, 2.05) is 6.07 Å². The van der Waals surface area contributed by atoms with Gasteiger partial charge in [0.2, 0.25) is 0 Å². The van der Waals surface area contributed by atoms with E-state index in [1.165, 1.54) is 4.88 Å². The summed E-state index contributed by atoms with van der Waals surface area (Å²) in [4.78, 5) is 17.5. The minimum atomic E-state index is -0.230. The zero-order valence-corrected chi connectivity index (χ0v) is 12.1. The molecule has 0 unspecified atom stereocenters. The highest BCUT2D eigenvalue weighted by Crippen LogP contribution is 2.30. The molecule has 1 aromatic carbocycles. The number of amides is 1. The molecule has 1 N–H and O–H groups in total. The first kappa shape index (κ1) is 13.6. The van der Waals surface area contributed by atoms with E-state index in [4.69, 9.17) is 10.00 Å². The van der Waals surface area contributed by atoms with Crippen LogP contribution >= 0.6 is 11.3 Å². The molecule has 5 nitrogen and oxygen atoms in total. The zero-order chi connectivity index (χ0) is 14.7. The van der Waals surface area contributed by atoms with Crippen LogP contribution in [-0.2, 0) is 17.6 Å². The van der Waals surface area contributed by atoms with Crippen molar-refractivity contribution in [2.45, 2.75) is 19.3 Å². The largest absolute Gasteiger partial charge is 0.484 e. The number of hydrogen-bond acceptors (Lipinski definition) is 5. The summed E-state index contributed by atoms with van der Waals surface area (Å²) in [6.45, 7) is -0.0733. The second-order valence-electron chi connectivity index (χ2n) is 4.72. The van der Waals surface area contributed by atoms with Crippen molar-refractivity contribution < 1.29 is 9.53 Å². The van der Waals surface area contributed by atoms with Crippen molar-refractivity contribution in [3.63, 3.8) is 0 Å². The summed E-state index contributed by atoms with van der Waals surface area (Å²) >= 11 is 1.54. The number of fused-ring (bicyclic) bond motifs is 1. The number of thiazole rings is 1. The van der Waals surface area contributed by atoms with Crippen LogP contribution in [0.5, 0.6) is 5.75 Å². The van der Waals surface area contributed by atoms with E-state index in [2.05, 4.69) is 10.3 Å². The Balaban J connectivity index is 1.52. The lowest BCUT2D eigenvalue weighted by molar-refractivity contribution is -0.118. The monoisotopic (exact) mass is 299 g/mol. The van der Waals surface area contributed by atoms with Gasteiger partial charge in [0.1, 0.15) is 5.75 Å². The highest BCUT2D eigenvalue weighted by Gasteiger charge is 2.17. The molecule has 6 heteroatoms. The van der Waals surface area contributed by atoms with E-state index in [9.17, 15) is 4.79 Å². The van der Waals surface area contributed by atoms with E-state index in [0.29, 0.717) is 16.4 Å². The number of aromatic nitrogens is 1. The first-order valence-electron chi connectivity index (χ1n) is 6.66. The van der Waals surface area contributed by atoms with Gasteiger partial charge in [-0.1, -0.05) is 0 Å². The number of ether oxygens (including phenoxy) is 1. The summed E-state index contributed by atoms with van der Waals surface area (Å²) < 4.78 is 5.37. The average molecular weight is 299 g/mol. The molecule has 0 spiro atoms. The Kier molecular flexibility index (Phi) is 3.84. The molecule has 0 fully saturated rings. The number of anilines is 1. The molecule has 1 amide bonds. The van der Waals surface area contributed by atoms with E-state index >= 15 is 0 Å². The summed E-state index contributed by atoms with van der Waals surface area (Å²) in [7, 11) is 0. The summed E-state index contributed by atoms with van der Waals surface area (Å²) in [6, 6.07) is 8.67. The van der Waals surface area contributed by atoms with Gasteiger partial charge in [0, 0.05) is 4.88 Å². The van der Waals surface area contributed by atoms with Crippen LogP contribution in [0.4, 0.5) is 5.13 Å². The van der Waals surface area contributed by atoms with Gasteiger partial charge in [0.25, 0.3) is 5.91 Å². The van der Waals surface area contributed by atoms with Crippen LogP contribution in [0.3, 0.4) is 0 Å². The third kappa shape index (κ3) is 3.20. The Morgan fingerprint density at radius 2 is 2.19 bits per heavy atom. The van der Waals surface area contributed by atoms with Gasteiger partial charge in [0.05, 0.1) is 17.3 Å². The molecule has 0 bridgehead atoms. The fourth-order valence-electron chi connectivity index (χ4n) is 2.17. The number of hydrogen-bond donors (Lipinski definition) is 1. The maximum Gasteiger partial charge on any atom is 0.264 e. The van der Waals surface area contributed by atoms with Gasteiger partial charge in [-0.3, -0.25) is 10.1 Å². The first-order valence-corrected chi connectivity index (χ1v) is 7.47. The van der Waals surface area contributed by atoms with Gasteiger partial charge in [-0.2, -0.15) is 5.26 Å². The van der Waals surface area contributed by atoms with E-state index in [-0.39, 0.29) is 12.5 Å². The van der Waals surface area contributed by atoms with Gasteiger partial charge in [0.15, 0.2) is 11.7 Å². The van der Waals surface area contributed by atoms with Gasteiger partial charge < -0.3 is 4.74 Å². The number of nitrogens with zero attached hydrogens (tertiary/aromatic N) is 2. The summed E-state index contributed by atoms with van der Waals surface area (Å²) in [5.74, 6) is 0.331. The third-order valence-corrected chi connectivity index (χ3v) is 4.27. The highest BCUT2D eigenvalue weighted by atomic mass is 32.1. The second kappa shape index (κ2) is 5.94. The number of carbonyl (C=O) groups excluding carboxylic acids is 1. The Labute approximate surface area is 126 Å². The van der Waals surface area contributed by atoms with Crippen molar-refractivity contribution in [3.8, 4) is 11.8 Å². The third-order valence-electron chi connectivity index (χ3n) is 3.20. The smallest absolute Gasteiger partial charge is 0.264 e. The van der Waals surface area contributed by atoms with Crippen molar-refractivity contribution >= 4 is 22.4 Å². The lowest BCUT2D eigenvalue weighted by Gasteiger charge is -2.05. The number of rotatable bonds is 4. The molecule has 1 aromatic heterocycles. The van der Waals surface area contributed by atoms with Crippen molar-refractivity contribution in [3.05, 3.63) is 40.4 Å². The first-order chi connectivity index (χ1) is 10.2. The number of nitrogens with one attached hydrogen (secondary N) is 1. The van der Waals surface area contributed by atoms with Gasteiger partial charge in [-0.25, -0.2) is 4.98 Å². The summed E-state index contributed by atoms with van der Waals surface area (Å²) in [5.41, 5.74) is 1.67. The molecular weight excluding hydrogens is 286 g/mol. The number of carbonyl (C=O) groups is 1. The SMILES string of the molecule is N#Cc1ccc(OCC(=O)Nc2nc3c(s2)CCC3)cc1. The van der Waals surface area contributed by atoms with Gasteiger partial charge in [-0.05, 0) is 43.5 Å². The highest BCUT2D eigenvalue weighted by molar-refractivity contribution is 7.15. The van der Waals surface area contributed by atoms with Gasteiger partial charge in [-0.15, -0.1) is 11.3 Å². The predicted octanol–water partition coefficient (Wildman–Crippen LogP) is 2.52. The Hall–Kier alpha value is -2.39. The quantitative estimate of drug-likeness (QED) is 0.941. The Bertz CT molecular complexity index is 679. The van der Waals surface area contributed by atoms with Crippen molar-refractivity contribution in [1.82, 2.24) is 4.98 Å². The molecule has 0 atom stereocenters. The second-order valence-corrected chi connectivity index (χ2v) is 5.80. The molecule has 106 valence electrons. The molecule has 0 aliphatic heterocycles. The number of nitriles is 1. The average Bonchev–Trinajstić information content (AvgIpc) is 3.07. The maximum atomic E-state index is 11.8. The lowest BCUT2D eigenvalue weighted by Crippen LogP contribution is -2.20. The lowest BCUT2D eigenvalue weighted by atomic mass is 10.2. The molecule has 3 rings (SSSR count). The fourth-order valence-corrected chi connectivity index (χ4v) is 3.24. The van der Waals surface area contributed by atoms with E-state index in [0.717, 1.165) is 25.0 Å². The molecule has 1 heterocycles. The molecule has 2 aromatic rings. The van der Waals surface area contributed by atoms with Gasteiger partial charge >= 0.3 is 0 Å². The predicted molar refractivity (Wildman–Crippen MR) is 79.4 cm³/mol. The van der Waals surface area contributed by atoms with Crippen LogP contribution in [0.25, 0.3) is 0 Å². The van der Waals surface area contributed by atoms with Crippen molar-refractivity contribution in [2.24, 2.45) is 0 Å². The standard InChI is InChI=1S/C15H13N3O2S/c16-8-10-4-6-11(7-5-10)20-9-14(19)18-15-17-12-2-1-3-13(12)21-15/h4-7H,1-3,9H2,(H,17,18,19). The summed E-state index contributed by atoms with van der Waals surface area (Å²) in [5, 5.41) is 12.1. The van der Waals surface area contributed by atoms with Crippen LogP contribution in [0.15, 0.2) is 24.3 Å². The van der Waals surface area contributed by atoms with Crippen molar-refractivity contribution in [1.29, 1.82) is 5.26 Å². The Morgan fingerprint density at radius 3 is 2.90 bits per heavy atom. The fraction of sp³-hybridized carbons (Fsp3) is 0.267. The molecule has 1 aliphatic carbocycles. The zero-order valence-electron chi connectivity index (χ0n) is 11.3. The van der Waals surface area contributed by atoms with Crippen LogP contribution < -0.4 is 10.1 Å². The minimum Gasteiger partial charge on any atom is -0.484 e. The van der Waals surface area contributed by atoms with Crippen LogP contribution in [0.2, 0.25) is 0 Å². The maximum absolute atomic E-state index is 11.8. The normalized spacial score (nSPS) is 12.5. The summed E-state index contributed by atoms with van der Waals surface area (Å²) in [6.07, 6.45) is 3.22. The molecule has 21 heavy (non-hydrogen) atoms. The Morgan fingerprint density at radius 1 is 1.38 bits per heavy atom. The van der Waals surface area contributed by atoms with Crippen LogP contribution in [0, 0.1) is 11.3 Å². The molecular formula is C15H13N3O2S. The molecule has 0 saturated carbocycles. The van der Waals surface area contributed by atoms with Crippen LogP contribution in [0.1, 0.15) is 22.6 Å². The molecule has 0 saturated heterocycles. The van der Waals surface area contributed by atoms with Crippen molar-refractivity contribution in [2.75, 3.05) is 11.9 Å². The topological polar surface area (TPSA) is 75.0 Å². The number of aryl methyl sites for hydroxylation is 2. The van der Waals surface area contributed by atoms with E-state index in [1.54, 1.807) is 35.6 Å². The molecule has 0 radical (unpaired) electrons. The number of benzene rings is 1. The van der Waals surface area contributed by atoms with E-state index < -0.39 is 0 Å². The minimum absolute atomic E-state index is 0.0733. The molecule has 1 aliphatic rings.